The summed E-state index contributed by atoms with van der Waals surface area (Å²) in [5.41, 5.74) is 2.06. The summed E-state index contributed by atoms with van der Waals surface area (Å²) in [6, 6.07) is 14.0. The van der Waals surface area contributed by atoms with Crippen molar-refractivity contribution >= 4 is 5.78 Å². The summed E-state index contributed by atoms with van der Waals surface area (Å²) in [5, 5.41) is 4.15. The van der Waals surface area contributed by atoms with Gasteiger partial charge in [-0.15, -0.1) is 0 Å². The molecule has 4 heteroatoms. The van der Waals surface area contributed by atoms with Gasteiger partial charge in [0.05, 0.1) is 23.0 Å². The SMILES string of the molecule is Cc1ccc(C(=O)c2cnn(-c3ccccc3)c2)c(F)c1. The van der Waals surface area contributed by atoms with Crippen LogP contribution >= 0.6 is 0 Å². The number of hydrogen-bond donors (Lipinski definition) is 0. The van der Waals surface area contributed by atoms with Crippen molar-refractivity contribution in [3.05, 3.63) is 83.4 Å². The molecule has 0 saturated heterocycles. The average Bonchev–Trinajstić information content (AvgIpc) is 2.97. The molecule has 0 saturated carbocycles. The van der Waals surface area contributed by atoms with Crippen LogP contribution in [-0.4, -0.2) is 15.6 Å². The number of aryl methyl sites for hydroxylation is 1. The number of ketones is 1. The van der Waals surface area contributed by atoms with Crippen molar-refractivity contribution in [2.75, 3.05) is 0 Å². The number of aromatic nitrogens is 2. The maximum absolute atomic E-state index is 13.9. The lowest BCUT2D eigenvalue weighted by Gasteiger charge is -2.02. The van der Waals surface area contributed by atoms with Crippen LogP contribution in [0.3, 0.4) is 0 Å². The predicted octanol–water partition coefficient (Wildman–Crippen LogP) is 3.55. The van der Waals surface area contributed by atoms with Crippen LogP contribution in [0.4, 0.5) is 4.39 Å². The van der Waals surface area contributed by atoms with Crippen molar-refractivity contribution in [3.63, 3.8) is 0 Å². The molecule has 0 radical (unpaired) electrons. The van der Waals surface area contributed by atoms with Crippen molar-refractivity contribution in [2.45, 2.75) is 6.92 Å². The fourth-order valence-corrected chi connectivity index (χ4v) is 2.12. The van der Waals surface area contributed by atoms with Crippen LogP contribution < -0.4 is 0 Å². The predicted molar refractivity (Wildman–Crippen MR) is 78.1 cm³/mol. The van der Waals surface area contributed by atoms with Gasteiger partial charge in [-0.1, -0.05) is 24.3 Å². The Balaban J connectivity index is 1.94. The molecule has 3 aromatic rings. The second-order valence-corrected chi connectivity index (χ2v) is 4.82. The van der Waals surface area contributed by atoms with Gasteiger partial charge in [-0.3, -0.25) is 4.79 Å². The van der Waals surface area contributed by atoms with Gasteiger partial charge in [-0.25, -0.2) is 9.07 Å². The first-order valence-corrected chi connectivity index (χ1v) is 6.56. The Morgan fingerprint density at radius 3 is 2.62 bits per heavy atom. The fourth-order valence-electron chi connectivity index (χ4n) is 2.12. The highest BCUT2D eigenvalue weighted by Crippen LogP contribution is 2.16. The lowest BCUT2D eigenvalue weighted by molar-refractivity contribution is 0.103. The van der Waals surface area contributed by atoms with E-state index in [9.17, 15) is 9.18 Å². The van der Waals surface area contributed by atoms with Gasteiger partial charge in [0, 0.05) is 6.20 Å². The van der Waals surface area contributed by atoms with E-state index >= 15 is 0 Å². The topological polar surface area (TPSA) is 34.9 Å². The number of rotatable bonds is 3. The van der Waals surface area contributed by atoms with Gasteiger partial charge in [0.25, 0.3) is 0 Å². The lowest BCUT2D eigenvalue weighted by Crippen LogP contribution is -2.03. The first kappa shape index (κ1) is 13.2. The van der Waals surface area contributed by atoms with E-state index in [1.807, 2.05) is 30.3 Å². The number of para-hydroxylation sites is 1. The van der Waals surface area contributed by atoms with Crippen molar-refractivity contribution in [3.8, 4) is 5.69 Å². The smallest absolute Gasteiger partial charge is 0.199 e. The highest BCUT2D eigenvalue weighted by Gasteiger charge is 2.16. The largest absolute Gasteiger partial charge is 0.288 e. The fraction of sp³-hybridized carbons (Fsp3) is 0.0588. The highest BCUT2D eigenvalue weighted by atomic mass is 19.1. The van der Waals surface area contributed by atoms with Crippen LogP contribution in [-0.2, 0) is 0 Å². The van der Waals surface area contributed by atoms with Crippen LogP contribution in [0.1, 0.15) is 21.5 Å². The molecular formula is C17H13FN2O. The van der Waals surface area contributed by atoms with Crippen molar-refractivity contribution < 1.29 is 9.18 Å². The molecule has 0 aliphatic carbocycles. The third kappa shape index (κ3) is 2.60. The van der Waals surface area contributed by atoms with Crippen molar-refractivity contribution in [1.82, 2.24) is 9.78 Å². The molecule has 0 spiro atoms. The van der Waals surface area contributed by atoms with Gasteiger partial charge in [0.1, 0.15) is 5.82 Å². The molecule has 0 amide bonds. The molecule has 1 aromatic heterocycles. The van der Waals surface area contributed by atoms with Crippen LogP contribution in [0.25, 0.3) is 5.69 Å². The summed E-state index contributed by atoms with van der Waals surface area (Å²) in [4.78, 5) is 12.3. The average molecular weight is 280 g/mol. The number of hydrogen-bond acceptors (Lipinski definition) is 2. The molecular weight excluding hydrogens is 267 g/mol. The zero-order valence-electron chi connectivity index (χ0n) is 11.5. The molecule has 0 unspecified atom stereocenters. The van der Waals surface area contributed by atoms with E-state index < -0.39 is 5.82 Å². The summed E-state index contributed by atoms with van der Waals surface area (Å²) < 4.78 is 15.5. The maximum atomic E-state index is 13.9. The first-order valence-electron chi connectivity index (χ1n) is 6.56. The van der Waals surface area contributed by atoms with E-state index in [1.54, 1.807) is 23.9 Å². The van der Waals surface area contributed by atoms with Crippen LogP contribution in [0.5, 0.6) is 0 Å². The minimum atomic E-state index is -0.507. The number of carbonyl (C=O) groups is 1. The quantitative estimate of drug-likeness (QED) is 0.688. The third-order valence-corrected chi connectivity index (χ3v) is 3.23. The number of benzene rings is 2. The van der Waals surface area contributed by atoms with E-state index in [0.29, 0.717) is 5.56 Å². The monoisotopic (exact) mass is 280 g/mol. The standard InChI is InChI=1S/C17H13FN2O/c1-12-7-8-15(16(18)9-12)17(21)13-10-19-20(11-13)14-5-3-2-4-6-14/h2-11H,1H3. The molecule has 2 aromatic carbocycles. The van der Waals surface area contributed by atoms with E-state index in [1.165, 1.54) is 18.3 Å². The lowest BCUT2D eigenvalue weighted by atomic mass is 10.0. The second kappa shape index (κ2) is 5.32. The molecule has 0 N–H and O–H groups in total. The summed E-state index contributed by atoms with van der Waals surface area (Å²) in [6.45, 7) is 1.78. The molecule has 104 valence electrons. The van der Waals surface area contributed by atoms with Crippen molar-refractivity contribution in [2.24, 2.45) is 0 Å². The number of carbonyl (C=O) groups excluding carboxylic acids is 1. The minimum absolute atomic E-state index is 0.0632. The summed E-state index contributed by atoms with van der Waals surface area (Å²) >= 11 is 0. The number of halogens is 1. The van der Waals surface area contributed by atoms with Gasteiger partial charge >= 0.3 is 0 Å². The van der Waals surface area contributed by atoms with Gasteiger partial charge in [-0.2, -0.15) is 5.10 Å². The Bertz CT molecular complexity index is 794. The van der Waals surface area contributed by atoms with Gasteiger partial charge in [0.15, 0.2) is 5.78 Å². The molecule has 21 heavy (non-hydrogen) atoms. The molecule has 0 aliphatic rings. The second-order valence-electron chi connectivity index (χ2n) is 4.82. The van der Waals surface area contributed by atoms with E-state index in [2.05, 4.69) is 5.10 Å². The molecule has 3 nitrogen and oxygen atoms in total. The summed E-state index contributed by atoms with van der Waals surface area (Å²) in [6.07, 6.45) is 3.06. The number of nitrogens with zero attached hydrogens (tertiary/aromatic N) is 2. The highest BCUT2D eigenvalue weighted by molar-refractivity contribution is 6.08. The Labute approximate surface area is 121 Å². The van der Waals surface area contributed by atoms with E-state index in [4.69, 9.17) is 0 Å². The van der Waals surface area contributed by atoms with Gasteiger partial charge < -0.3 is 0 Å². The van der Waals surface area contributed by atoms with Crippen molar-refractivity contribution in [1.29, 1.82) is 0 Å². The minimum Gasteiger partial charge on any atom is -0.288 e. The van der Waals surface area contributed by atoms with Crippen LogP contribution in [0, 0.1) is 12.7 Å². The molecule has 0 aliphatic heterocycles. The first-order chi connectivity index (χ1) is 10.1. The maximum Gasteiger partial charge on any atom is 0.199 e. The summed E-state index contributed by atoms with van der Waals surface area (Å²) in [7, 11) is 0. The van der Waals surface area contributed by atoms with Crippen LogP contribution in [0.15, 0.2) is 60.9 Å². The van der Waals surface area contributed by atoms with Crippen LogP contribution in [0.2, 0.25) is 0 Å². The Hall–Kier alpha value is -2.75. The Morgan fingerprint density at radius 1 is 1.14 bits per heavy atom. The Kier molecular flexibility index (Phi) is 3.36. The normalized spacial score (nSPS) is 10.6. The molecule has 0 fully saturated rings. The molecule has 1 heterocycles. The Morgan fingerprint density at radius 2 is 1.90 bits per heavy atom. The van der Waals surface area contributed by atoms with Gasteiger partial charge in [0.2, 0.25) is 0 Å². The summed E-state index contributed by atoms with van der Waals surface area (Å²) in [5.74, 6) is -0.873. The zero-order valence-corrected chi connectivity index (χ0v) is 11.5. The third-order valence-electron chi connectivity index (χ3n) is 3.23. The van der Waals surface area contributed by atoms with Gasteiger partial charge in [-0.05, 0) is 36.8 Å². The van der Waals surface area contributed by atoms with E-state index in [-0.39, 0.29) is 11.3 Å². The molecule has 3 rings (SSSR count). The van der Waals surface area contributed by atoms with E-state index in [0.717, 1.165) is 11.3 Å². The molecule has 0 atom stereocenters. The zero-order chi connectivity index (χ0) is 14.8. The molecule has 0 bridgehead atoms.